The van der Waals surface area contributed by atoms with Gasteiger partial charge in [0.1, 0.15) is 17.8 Å². The first-order chi connectivity index (χ1) is 10.7. The van der Waals surface area contributed by atoms with Gasteiger partial charge < -0.3 is 20.9 Å². The predicted molar refractivity (Wildman–Crippen MR) is 76.4 cm³/mol. The molecule has 0 radical (unpaired) electrons. The standard InChI is InChI=1S/C14H15N3O6/c1-14(12(21)17(6-11(19)20)13(22)16-14)8-2-4-9(5-3-8)23-7-10(15)18/h2-5H,6-7H2,1H3,(H2,15,18)(H,16,22)(H,19,20). The van der Waals surface area contributed by atoms with Crippen molar-refractivity contribution in [1.82, 2.24) is 10.2 Å². The second-order valence-corrected chi connectivity index (χ2v) is 5.12. The number of nitrogens with zero attached hydrogens (tertiary/aromatic N) is 1. The molecule has 0 spiro atoms. The summed E-state index contributed by atoms with van der Waals surface area (Å²) in [6.07, 6.45) is 0. The first kappa shape index (κ1) is 16.3. The zero-order chi connectivity index (χ0) is 17.2. The van der Waals surface area contributed by atoms with Gasteiger partial charge in [-0.05, 0) is 24.6 Å². The third-order valence-corrected chi connectivity index (χ3v) is 3.38. The molecule has 9 nitrogen and oxygen atoms in total. The summed E-state index contributed by atoms with van der Waals surface area (Å²) in [5.41, 5.74) is 4.06. The summed E-state index contributed by atoms with van der Waals surface area (Å²) < 4.78 is 5.10. The Balaban J connectivity index is 2.20. The SMILES string of the molecule is CC1(c2ccc(OCC(N)=O)cc2)NC(=O)N(CC(=O)O)C1=O. The van der Waals surface area contributed by atoms with Crippen molar-refractivity contribution in [1.29, 1.82) is 0 Å². The smallest absolute Gasteiger partial charge is 0.325 e. The van der Waals surface area contributed by atoms with Crippen LogP contribution in [-0.4, -0.2) is 47.0 Å². The highest BCUT2D eigenvalue weighted by atomic mass is 16.5. The number of hydrogen-bond donors (Lipinski definition) is 3. The number of imide groups is 1. The molecule has 23 heavy (non-hydrogen) atoms. The van der Waals surface area contributed by atoms with Crippen molar-refractivity contribution in [3.05, 3.63) is 29.8 Å². The highest BCUT2D eigenvalue weighted by Gasteiger charge is 2.49. The van der Waals surface area contributed by atoms with Crippen molar-refractivity contribution in [2.24, 2.45) is 5.73 Å². The highest BCUT2D eigenvalue weighted by molar-refractivity contribution is 6.08. The van der Waals surface area contributed by atoms with Crippen molar-refractivity contribution in [3.8, 4) is 5.75 Å². The van der Waals surface area contributed by atoms with Crippen LogP contribution in [0.15, 0.2) is 24.3 Å². The average molecular weight is 321 g/mol. The molecule has 1 aliphatic rings. The molecule has 4 N–H and O–H groups in total. The number of primary amides is 1. The topological polar surface area (TPSA) is 139 Å². The fraction of sp³-hybridized carbons (Fsp3) is 0.286. The summed E-state index contributed by atoms with van der Waals surface area (Å²) in [4.78, 5) is 46.2. The summed E-state index contributed by atoms with van der Waals surface area (Å²) in [7, 11) is 0. The van der Waals surface area contributed by atoms with Gasteiger partial charge in [-0.3, -0.25) is 19.3 Å². The number of benzene rings is 1. The van der Waals surface area contributed by atoms with Crippen LogP contribution in [0.5, 0.6) is 5.75 Å². The lowest BCUT2D eigenvalue weighted by Gasteiger charge is -2.22. The van der Waals surface area contributed by atoms with Gasteiger partial charge in [-0.25, -0.2) is 4.79 Å². The third-order valence-electron chi connectivity index (χ3n) is 3.38. The number of carbonyl (C=O) groups excluding carboxylic acids is 3. The van der Waals surface area contributed by atoms with Gasteiger partial charge >= 0.3 is 12.0 Å². The molecule has 4 amide bonds. The fourth-order valence-electron chi connectivity index (χ4n) is 2.21. The average Bonchev–Trinajstić information content (AvgIpc) is 2.70. The summed E-state index contributed by atoms with van der Waals surface area (Å²) in [5, 5.41) is 11.2. The van der Waals surface area contributed by atoms with Crippen molar-refractivity contribution >= 4 is 23.8 Å². The van der Waals surface area contributed by atoms with Gasteiger partial charge in [0.25, 0.3) is 11.8 Å². The Kier molecular flexibility index (Phi) is 4.21. The Morgan fingerprint density at radius 1 is 1.30 bits per heavy atom. The minimum Gasteiger partial charge on any atom is -0.484 e. The quantitative estimate of drug-likeness (QED) is 0.598. The molecule has 1 aromatic rings. The predicted octanol–water partition coefficient (Wildman–Crippen LogP) is -0.598. The number of nitrogens with two attached hydrogens (primary N) is 1. The van der Waals surface area contributed by atoms with E-state index in [9.17, 15) is 19.2 Å². The fourth-order valence-corrected chi connectivity index (χ4v) is 2.21. The first-order valence-electron chi connectivity index (χ1n) is 6.61. The largest absolute Gasteiger partial charge is 0.484 e. The lowest BCUT2D eigenvalue weighted by Crippen LogP contribution is -2.41. The summed E-state index contributed by atoms with van der Waals surface area (Å²) in [6.45, 7) is 0.493. The van der Waals surface area contributed by atoms with Gasteiger partial charge in [-0.2, -0.15) is 0 Å². The Labute approximate surface area is 131 Å². The van der Waals surface area contributed by atoms with E-state index in [1.165, 1.54) is 19.1 Å². The number of nitrogens with one attached hydrogen (secondary N) is 1. The lowest BCUT2D eigenvalue weighted by atomic mass is 9.92. The van der Waals surface area contributed by atoms with Crippen LogP contribution in [0.25, 0.3) is 0 Å². The molecule has 0 bridgehead atoms. The van der Waals surface area contributed by atoms with Crippen LogP contribution in [0.1, 0.15) is 12.5 Å². The number of rotatable bonds is 6. The van der Waals surface area contributed by atoms with E-state index in [4.69, 9.17) is 15.6 Å². The van der Waals surface area contributed by atoms with E-state index >= 15 is 0 Å². The minimum atomic E-state index is -1.37. The van der Waals surface area contributed by atoms with E-state index in [1.54, 1.807) is 12.1 Å². The number of hydrogen-bond acceptors (Lipinski definition) is 5. The van der Waals surface area contributed by atoms with Crippen molar-refractivity contribution in [2.75, 3.05) is 13.2 Å². The van der Waals surface area contributed by atoms with Gasteiger partial charge in [-0.1, -0.05) is 12.1 Å². The molecule has 0 saturated carbocycles. The molecule has 9 heteroatoms. The number of carboxylic acid groups (broad SMARTS) is 1. The van der Waals surface area contributed by atoms with Crippen molar-refractivity contribution < 1.29 is 29.0 Å². The third kappa shape index (κ3) is 3.23. The molecule has 1 atom stereocenters. The number of aliphatic carboxylic acids is 1. The highest BCUT2D eigenvalue weighted by Crippen LogP contribution is 2.29. The van der Waals surface area contributed by atoms with Gasteiger partial charge in [0, 0.05) is 0 Å². The zero-order valence-corrected chi connectivity index (χ0v) is 12.2. The van der Waals surface area contributed by atoms with E-state index in [2.05, 4.69) is 5.32 Å². The normalized spacial score (nSPS) is 20.3. The van der Waals surface area contributed by atoms with Crippen LogP contribution >= 0.6 is 0 Å². The Hall–Kier alpha value is -3.10. The number of carboxylic acids is 1. The molecule has 1 fully saturated rings. The van der Waals surface area contributed by atoms with E-state index < -0.39 is 35.9 Å². The second kappa shape index (κ2) is 5.95. The molecule has 1 heterocycles. The van der Waals surface area contributed by atoms with E-state index in [0.29, 0.717) is 16.2 Å². The summed E-state index contributed by atoms with van der Waals surface area (Å²) in [5.74, 6) is -2.19. The Morgan fingerprint density at radius 3 is 2.43 bits per heavy atom. The maximum absolute atomic E-state index is 12.4. The van der Waals surface area contributed by atoms with Crippen molar-refractivity contribution in [2.45, 2.75) is 12.5 Å². The van der Waals surface area contributed by atoms with Crippen molar-refractivity contribution in [3.63, 3.8) is 0 Å². The molecule has 122 valence electrons. The molecule has 1 saturated heterocycles. The van der Waals surface area contributed by atoms with Crippen LogP contribution < -0.4 is 15.8 Å². The molecule has 1 aromatic carbocycles. The maximum Gasteiger partial charge on any atom is 0.325 e. The summed E-state index contributed by atoms with van der Waals surface area (Å²) in [6, 6.07) is 5.34. The molecule has 0 aromatic heterocycles. The summed E-state index contributed by atoms with van der Waals surface area (Å²) >= 11 is 0. The Bertz CT molecular complexity index is 672. The number of ether oxygens (including phenoxy) is 1. The molecule has 2 rings (SSSR count). The van der Waals surface area contributed by atoms with Crippen LogP contribution in [0, 0.1) is 0 Å². The lowest BCUT2D eigenvalue weighted by molar-refractivity contribution is -0.142. The molecular formula is C14H15N3O6. The van der Waals surface area contributed by atoms with Crippen LogP contribution in [0.2, 0.25) is 0 Å². The van der Waals surface area contributed by atoms with E-state index in [1.807, 2.05) is 0 Å². The zero-order valence-electron chi connectivity index (χ0n) is 12.2. The van der Waals surface area contributed by atoms with Gasteiger partial charge in [0.15, 0.2) is 6.61 Å². The monoisotopic (exact) mass is 321 g/mol. The number of carbonyl (C=O) groups is 4. The van der Waals surface area contributed by atoms with Gasteiger partial charge in [-0.15, -0.1) is 0 Å². The maximum atomic E-state index is 12.4. The second-order valence-electron chi connectivity index (χ2n) is 5.12. The van der Waals surface area contributed by atoms with Crippen LogP contribution in [0.3, 0.4) is 0 Å². The minimum absolute atomic E-state index is 0.279. The molecule has 1 aliphatic heterocycles. The first-order valence-corrected chi connectivity index (χ1v) is 6.61. The number of urea groups is 1. The van der Waals surface area contributed by atoms with Gasteiger partial charge in [0.05, 0.1) is 0 Å². The van der Waals surface area contributed by atoms with E-state index in [-0.39, 0.29) is 6.61 Å². The molecular weight excluding hydrogens is 306 g/mol. The number of amides is 4. The van der Waals surface area contributed by atoms with E-state index in [0.717, 1.165) is 0 Å². The Morgan fingerprint density at radius 2 is 1.91 bits per heavy atom. The van der Waals surface area contributed by atoms with Gasteiger partial charge in [0.2, 0.25) is 0 Å². The molecule has 1 unspecified atom stereocenters. The van der Waals surface area contributed by atoms with Crippen LogP contribution in [-0.2, 0) is 19.9 Å². The van der Waals surface area contributed by atoms with Crippen LogP contribution in [0.4, 0.5) is 4.79 Å². The molecule has 0 aliphatic carbocycles.